The molecule has 2 fully saturated rings. The van der Waals surface area contributed by atoms with E-state index in [1.807, 2.05) is 12.5 Å². The Balaban J connectivity index is -0.0000000661. The van der Waals surface area contributed by atoms with Gasteiger partial charge in [0.05, 0.1) is 12.1 Å². The zero-order valence-electron chi connectivity index (χ0n) is 25.2. The number of aliphatic hydroxyl groups excluding tert-OH is 2. The highest BCUT2D eigenvalue weighted by Crippen LogP contribution is 2.03. The molecule has 0 spiro atoms. The van der Waals surface area contributed by atoms with Crippen LogP contribution in [0.2, 0.25) is 0 Å². The molecule has 0 radical (unpaired) electrons. The van der Waals surface area contributed by atoms with Crippen molar-refractivity contribution in [3.8, 4) is 12.1 Å². The Labute approximate surface area is 289 Å². The fraction of sp³-hybridized carbons (Fsp3) is 0.708. The summed E-state index contributed by atoms with van der Waals surface area (Å²) in [5.74, 6) is 2.73. The molecule has 0 aromatic rings. The molecule has 2 aliphatic rings. The summed E-state index contributed by atoms with van der Waals surface area (Å²) >= 11 is 11.3. The molecule has 0 aromatic heterocycles. The molecule has 2 heterocycles. The first-order valence-corrected chi connectivity index (χ1v) is 16.1. The molecule has 4 atom stereocenters. The second kappa shape index (κ2) is 44.5. The van der Waals surface area contributed by atoms with E-state index in [-0.39, 0.29) is 72.8 Å². The van der Waals surface area contributed by atoms with E-state index in [1.165, 1.54) is 0 Å². The van der Waals surface area contributed by atoms with E-state index in [1.54, 1.807) is 35.7 Å². The lowest BCUT2D eigenvalue weighted by Crippen LogP contribution is -2.28. The van der Waals surface area contributed by atoms with Gasteiger partial charge in [0.25, 0.3) is 11.8 Å². The summed E-state index contributed by atoms with van der Waals surface area (Å²) in [4.78, 5) is 59.1. The molecule has 4 unspecified atom stereocenters. The second-order valence-electron chi connectivity index (χ2n) is 7.70. The van der Waals surface area contributed by atoms with Crippen molar-refractivity contribution in [2.75, 3.05) is 35.5 Å². The van der Waals surface area contributed by atoms with Crippen LogP contribution in [0.3, 0.4) is 0 Å². The van der Waals surface area contributed by atoms with Gasteiger partial charge >= 0.3 is 18.2 Å². The molecular formula is C24H52N8O10S4. The molecule has 22 heteroatoms. The van der Waals surface area contributed by atoms with E-state index in [0.717, 1.165) is 35.9 Å². The van der Waals surface area contributed by atoms with Crippen molar-refractivity contribution >= 4 is 78.8 Å². The van der Waals surface area contributed by atoms with Gasteiger partial charge in [-0.3, -0.25) is 20.2 Å². The molecule has 46 heavy (non-hydrogen) atoms. The number of carbonyl (C=O) groups excluding carboxylic acids is 6. The number of hydrogen-bond acceptors (Lipinski definition) is 16. The Morgan fingerprint density at radius 2 is 1.04 bits per heavy atom. The maximum absolute atomic E-state index is 10.9. The lowest BCUT2D eigenvalue weighted by molar-refractivity contribution is -0.191. The molecule has 6 amide bonds. The van der Waals surface area contributed by atoms with Crippen LogP contribution < -0.4 is 33.6 Å². The van der Waals surface area contributed by atoms with Crippen molar-refractivity contribution in [3.05, 3.63) is 0 Å². The highest BCUT2D eigenvalue weighted by molar-refractivity contribution is 7.98. The highest BCUT2D eigenvalue weighted by Gasteiger charge is 2.29. The summed E-state index contributed by atoms with van der Waals surface area (Å²) < 4.78 is 0. The quantitative estimate of drug-likeness (QED) is 0.0703. The molecule has 2 saturated heterocycles. The average molecular weight is 741 g/mol. The topological polar surface area (TPSA) is 372 Å². The Hall–Kier alpha value is -2.60. The molecule has 2 rings (SSSR count). The molecule has 2 aliphatic heterocycles. The van der Waals surface area contributed by atoms with E-state index in [4.69, 9.17) is 30.3 Å². The van der Waals surface area contributed by atoms with Crippen LogP contribution in [0.15, 0.2) is 0 Å². The van der Waals surface area contributed by atoms with Crippen molar-refractivity contribution < 1.29 is 49.9 Å². The first-order valence-electron chi connectivity index (χ1n) is 12.1. The zero-order chi connectivity index (χ0) is 32.1. The molecule has 0 saturated carbocycles. The van der Waals surface area contributed by atoms with Crippen LogP contribution in [0.4, 0.5) is 9.59 Å². The third kappa shape index (κ3) is 39.4. The summed E-state index contributed by atoms with van der Waals surface area (Å²) in [6.45, 7) is 0. The maximum Gasteiger partial charge on any atom is 0.373 e. The predicted octanol–water partition coefficient (Wildman–Crippen LogP) is -0.216. The maximum atomic E-state index is 10.9. The Morgan fingerprint density at radius 3 is 1.22 bits per heavy atom. The van der Waals surface area contributed by atoms with Crippen molar-refractivity contribution in [2.24, 2.45) is 0 Å². The van der Waals surface area contributed by atoms with E-state index < -0.39 is 12.2 Å². The first kappa shape index (κ1) is 62.3. The number of nitriles is 2. The molecular weight excluding hydrogens is 689 g/mol. The van der Waals surface area contributed by atoms with Crippen LogP contribution in [0.5, 0.6) is 0 Å². The second-order valence-corrected chi connectivity index (χ2v) is 10.6. The first-order chi connectivity index (χ1) is 19.5. The summed E-state index contributed by atoms with van der Waals surface area (Å²) in [5, 5.41) is 42.7. The third-order valence-corrected chi connectivity index (χ3v) is 6.43. The lowest BCUT2D eigenvalue weighted by atomic mass is 10.2. The SMILES string of the molecule is C.CSCCC(O)C#N.CSCCC(O)C#N.N.N.O.O.O=C1NC(=O)C(CCCS)N1.O=C1NC(=O)C(CCCS)N1.O=C=O. The Kier molecular flexibility index (Phi) is 60.3. The largest absolute Gasteiger partial charge is 0.412 e. The van der Waals surface area contributed by atoms with Gasteiger partial charge in [-0.05, 0) is 74.0 Å². The van der Waals surface area contributed by atoms with Crippen LogP contribution in [-0.4, -0.2) is 111 Å². The summed E-state index contributed by atoms with van der Waals surface area (Å²) in [7, 11) is 0. The molecule has 18 nitrogen and oxygen atoms in total. The number of hydrogen-bond donors (Lipinski definition) is 10. The van der Waals surface area contributed by atoms with Crippen LogP contribution in [0.25, 0.3) is 0 Å². The Morgan fingerprint density at radius 1 is 0.761 bits per heavy atom. The summed E-state index contributed by atoms with van der Waals surface area (Å²) in [5.41, 5.74) is 0. The third-order valence-electron chi connectivity index (χ3n) is 4.51. The normalized spacial score (nSPS) is 15.7. The van der Waals surface area contributed by atoms with Gasteiger partial charge in [-0.2, -0.15) is 68.9 Å². The van der Waals surface area contributed by atoms with Crippen molar-refractivity contribution in [3.63, 3.8) is 0 Å². The van der Waals surface area contributed by atoms with Gasteiger partial charge in [0.1, 0.15) is 24.3 Å². The van der Waals surface area contributed by atoms with Crippen molar-refractivity contribution in [2.45, 2.75) is 70.2 Å². The minimum atomic E-state index is -0.762. The monoisotopic (exact) mass is 740 g/mol. The predicted molar refractivity (Wildman–Crippen MR) is 185 cm³/mol. The van der Waals surface area contributed by atoms with Crippen LogP contribution in [-0.2, 0) is 19.2 Å². The van der Waals surface area contributed by atoms with E-state index in [9.17, 15) is 19.2 Å². The van der Waals surface area contributed by atoms with Gasteiger partial charge in [0, 0.05) is 0 Å². The van der Waals surface area contributed by atoms with Gasteiger partial charge in [-0.25, -0.2) is 9.59 Å². The van der Waals surface area contributed by atoms with Crippen molar-refractivity contribution in [1.29, 1.82) is 10.5 Å². The van der Waals surface area contributed by atoms with Crippen molar-refractivity contribution in [1.82, 2.24) is 33.6 Å². The summed E-state index contributed by atoms with van der Waals surface area (Å²) in [6.07, 6.45) is 6.79. The standard InChI is InChI=1S/2C6H10N2O2S.2C5H9NOS.CO2.CH4.2H3N.2H2O/c2*9-5-4(2-1-3-11)7-6(10)8-5;2*1-8-3-2-5(7)4-6;2-1-3;;;;;/h2*4,11H,1-3H2,(H2,7,8,9,10);2*5,7H,2-3H2,1H3;;1H4;2*1H3;2*1H2. The average Bonchev–Trinajstić information content (AvgIpc) is 3.46. The van der Waals surface area contributed by atoms with Crippen LogP contribution >= 0.6 is 48.8 Å². The van der Waals surface area contributed by atoms with Crippen LogP contribution in [0, 0.1) is 22.7 Å². The number of carbonyl (C=O) groups is 4. The van der Waals surface area contributed by atoms with E-state index in [2.05, 4.69) is 46.5 Å². The minimum absolute atomic E-state index is 0. The number of thiol groups is 2. The molecule has 0 bridgehead atoms. The summed E-state index contributed by atoms with van der Waals surface area (Å²) in [6, 6.07) is 2.03. The molecule has 0 aromatic carbocycles. The Bertz CT molecular complexity index is 828. The van der Waals surface area contributed by atoms with Gasteiger partial charge < -0.3 is 44.1 Å². The fourth-order valence-corrected chi connectivity index (χ4v) is 3.79. The minimum Gasteiger partial charge on any atom is -0.412 e. The smallest absolute Gasteiger partial charge is 0.373 e. The van der Waals surface area contributed by atoms with E-state index in [0.29, 0.717) is 25.7 Å². The van der Waals surface area contributed by atoms with Crippen LogP contribution in [0.1, 0.15) is 46.0 Å². The number of nitrogens with zero attached hydrogens (tertiary/aromatic N) is 2. The number of imide groups is 2. The zero-order valence-corrected chi connectivity index (χ0v) is 28.7. The van der Waals surface area contributed by atoms with Gasteiger partial charge in [-0.1, -0.05) is 7.43 Å². The van der Waals surface area contributed by atoms with Gasteiger partial charge in [-0.15, -0.1) is 0 Å². The van der Waals surface area contributed by atoms with Gasteiger partial charge in [0.2, 0.25) is 0 Å². The number of thioether (sulfide) groups is 2. The number of amides is 6. The van der Waals surface area contributed by atoms with Gasteiger partial charge in [0.15, 0.2) is 0 Å². The molecule has 272 valence electrons. The number of rotatable bonds is 12. The fourth-order valence-electron chi connectivity index (χ4n) is 2.50. The molecule has 16 N–H and O–H groups in total. The number of urea groups is 2. The number of aliphatic hydroxyl groups is 2. The highest BCUT2D eigenvalue weighted by atomic mass is 32.2. The molecule has 0 aliphatic carbocycles. The van der Waals surface area contributed by atoms with E-state index >= 15 is 0 Å². The lowest BCUT2D eigenvalue weighted by Gasteiger charge is -2.03. The number of nitrogens with one attached hydrogen (secondary N) is 4.